The minimum Gasteiger partial charge on any atom is -0.267 e. The normalized spacial score (nSPS) is 12.8. The molecule has 0 amide bonds. The molecule has 20 heavy (non-hydrogen) atoms. The number of aromatic nitrogens is 2. The van der Waals surface area contributed by atoms with Crippen molar-refractivity contribution >= 4 is 44.7 Å². The van der Waals surface area contributed by atoms with Crippen LogP contribution in [-0.2, 0) is 0 Å². The van der Waals surface area contributed by atoms with E-state index in [4.69, 9.17) is 0 Å². The molecule has 3 heterocycles. The Hall–Kier alpha value is -1.98. The van der Waals surface area contributed by atoms with Crippen molar-refractivity contribution in [3.63, 3.8) is 0 Å². The smallest absolute Gasteiger partial charge is 0.267 e. The maximum atomic E-state index is 12.5. The first kappa shape index (κ1) is 11.8. The van der Waals surface area contributed by atoms with Gasteiger partial charge in [-0.3, -0.25) is 4.79 Å². The lowest BCUT2D eigenvalue weighted by molar-refractivity contribution is 1.19. The van der Waals surface area contributed by atoms with Crippen LogP contribution in [0.3, 0.4) is 0 Å². The first-order valence-electron chi connectivity index (χ1n) is 6.20. The molecule has 5 heteroatoms. The second-order valence-corrected chi connectivity index (χ2v) is 6.56. The standard InChI is InChI=1S/C15H10N2OS2/c1-9-6-7-19-12(9)8-13-14(18)17-11-5-3-2-4-10(11)16-15(17)20-13/h2-8H,1H3/b13-8+. The van der Waals surface area contributed by atoms with E-state index >= 15 is 0 Å². The number of thiazole rings is 1. The van der Waals surface area contributed by atoms with Crippen molar-refractivity contribution in [1.29, 1.82) is 0 Å². The maximum absolute atomic E-state index is 12.5. The lowest BCUT2D eigenvalue weighted by Crippen LogP contribution is -2.22. The van der Waals surface area contributed by atoms with E-state index in [0.717, 1.165) is 25.4 Å². The number of thiophene rings is 1. The van der Waals surface area contributed by atoms with Gasteiger partial charge in [-0.2, -0.15) is 0 Å². The Morgan fingerprint density at radius 3 is 2.90 bits per heavy atom. The minimum absolute atomic E-state index is 0.0199. The van der Waals surface area contributed by atoms with E-state index in [1.165, 1.54) is 16.9 Å². The van der Waals surface area contributed by atoms with Gasteiger partial charge in [0.15, 0.2) is 4.96 Å². The fraction of sp³-hybridized carbons (Fsp3) is 0.0667. The summed E-state index contributed by atoms with van der Waals surface area (Å²) < 4.78 is 2.44. The van der Waals surface area contributed by atoms with Crippen LogP contribution in [0, 0.1) is 6.92 Å². The van der Waals surface area contributed by atoms with Gasteiger partial charge in [0.1, 0.15) is 0 Å². The molecular formula is C15H10N2OS2. The van der Waals surface area contributed by atoms with Crippen molar-refractivity contribution in [2.75, 3.05) is 0 Å². The molecule has 0 fully saturated rings. The van der Waals surface area contributed by atoms with E-state index in [0.29, 0.717) is 0 Å². The van der Waals surface area contributed by atoms with Crippen LogP contribution >= 0.6 is 22.7 Å². The largest absolute Gasteiger partial charge is 0.274 e. The summed E-state index contributed by atoms with van der Waals surface area (Å²) in [7, 11) is 0. The molecule has 0 spiro atoms. The van der Waals surface area contributed by atoms with E-state index in [1.54, 1.807) is 15.7 Å². The van der Waals surface area contributed by atoms with Gasteiger partial charge in [-0.05, 0) is 42.1 Å². The van der Waals surface area contributed by atoms with Crippen molar-refractivity contribution in [3.8, 4) is 0 Å². The zero-order valence-corrected chi connectivity index (χ0v) is 12.3. The molecule has 0 saturated carbocycles. The van der Waals surface area contributed by atoms with Crippen molar-refractivity contribution in [1.82, 2.24) is 9.38 Å². The van der Waals surface area contributed by atoms with Gasteiger partial charge in [-0.25, -0.2) is 9.38 Å². The van der Waals surface area contributed by atoms with Crippen LogP contribution in [-0.4, -0.2) is 9.38 Å². The summed E-state index contributed by atoms with van der Waals surface area (Å²) in [5.41, 5.74) is 2.97. The van der Waals surface area contributed by atoms with Crippen LogP contribution in [0.25, 0.3) is 22.1 Å². The molecule has 0 atom stereocenters. The lowest BCUT2D eigenvalue weighted by atomic mass is 10.3. The summed E-state index contributed by atoms with van der Waals surface area (Å²) in [5, 5.41) is 2.04. The SMILES string of the molecule is Cc1ccsc1/C=c1/sc2nc3ccccc3n2c1=O. The fourth-order valence-electron chi connectivity index (χ4n) is 2.26. The van der Waals surface area contributed by atoms with Gasteiger partial charge >= 0.3 is 0 Å². The van der Waals surface area contributed by atoms with E-state index in [9.17, 15) is 4.79 Å². The Kier molecular flexibility index (Phi) is 2.52. The summed E-state index contributed by atoms with van der Waals surface area (Å²) in [6, 6.07) is 9.80. The van der Waals surface area contributed by atoms with Crippen LogP contribution in [0.1, 0.15) is 10.4 Å². The number of para-hydroxylation sites is 2. The topological polar surface area (TPSA) is 34.4 Å². The van der Waals surface area contributed by atoms with Crippen molar-refractivity contribution in [2.45, 2.75) is 6.92 Å². The summed E-state index contributed by atoms with van der Waals surface area (Å²) in [6.07, 6.45) is 1.97. The molecule has 0 aliphatic heterocycles. The van der Waals surface area contributed by atoms with Crippen molar-refractivity contribution in [2.24, 2.45) is 0 Å². The number of aryl methyl sites for hydroxylation is 1. The van der Waals surface area contributed by atoms with Gasteiger partial charge in [0.2, 0.25) is 0 Å². The Bertz CT molecular complexity index is 1040. The molecule has 3 nitrogen and oxygen atoms in total. The molecule has 4 rings (SSSR count). The molecule has 1 aromatic carbocycles. The second-order valence-electron chi connectivity index (χ2n) is 4.60. The molecule has 0 aliphatic rings. The highest BCUT2D eigenvalue weighted by Gasteiger charge is 2.10. The quantitative estimate of drug-likeness (QED) is 0.541. The number of benzene rings is 1. The van der Waals surface area contributed by atoms with Gasteiger partial charge in [0.25, 0.3) is 5.56 Å². The Balaban J connectivity index is 2.08. The predicted molar refractivity (Wildman–Crippen MR) is 84.7 cm³/mol. The average Bonchev–Trinajstić information content (AvgIpc) is 3.08. The summed E-state index contributed by atoms with van der Waals surface area (Å²) in [5.74, 6) is 0. The molecule has 0 radical (unpaired) electrons. The first-order valence-corrected chi connectivity index (χ1v) is 7.89. The zero-order chi connectivity index (χ0) is 13.7. The predicted octanol–water partition coefficient (Wildman–Crippen LogP) is 2.83. The second kappa shape index (κ2) is 4.26. The van der Waals surface area contributed by atoms with Crippen LogP contribution in [0.4, 0.5) is 0 Å². The first-order chi connectivity index (χ1) is 9.74. The highest BCUT2D eigenvalue weighted by Crippen LogP contribution is 2.18. The van der Waals surface area contributed by atoms with Gasteiger partial charge in [-0.15, -0.1) is 11.3 Å². The number of nitrogens with zero attached hydrogens (tertiary/aromatic N) is 2. The van der Waals surface area contributed by atoms with Gasteiger partial charge in [-0.1, -0.05) is 23.5 Å². The zero-order valence-electron chi connectivity index (χ0n) is 10.7. The Labute approximate surface area is 122 Å². The van der Waals surface area contributed by atoms with Crippen LogP contribution in [0.15, 0.2) is 40.5 Å². The molecule has 3 aromatic heterocycles. The van der Waals surface area contributed by atoms with E-state index in [-0.39, 0.29) is 5.56 Å². The Morgan fingerprint density at radius 2 is 2.10 bits per heavy atom. The van der Waals surface area contributed by atoms with Crippen LogP contribution in [0.5, 0.6) is 0 Å². The highest BCUT2D eigenvalue weighted by molar-refractivity contribution is 7.15. The maximum Gasteiger partial charge on any atom is 0.274 e. The summed E-state index contributed by atoms with van der Waals surface area (Å²) >= 11 is 3.10. The minimum atomic E-state index is 0.0199. The molecule has 0 unspecified atom stereocenters. The molecular weight excluding hydrogens is 288 g/mol. The molecule has 0 aliphatic carbocycles. The van der Waals surface area contributed by atoms with Crippen LogP contribution < -0.4 is 10.1 Å². The highest BCUT2D eigenvalue weighted by atomic mass is 32.1. The molecule has 0 bridgehead atoms. The average molecular weight is 298 g/mol. The third kappa shape index (κ3) is 1.63. The molecule has 0 N–H and O–H groups in total. The van der Waals surface area contributed by atoms with E-state index in [2.05, 4.69) is 18.0 Å². The number of imidazole rings is 1. The number of rotatable bonds is 1. The molecule has 0 saturated heterocycles. The Morgan fingerprint density at radius 1 is 1.25 bits per heavy atom. The van der Waals surface area contributed by atoms with E-state index in [1.807, 2.05) is 35.7 Å². The summed E-state index contributed by atoms with van der Waals surface area (Å²) in [6.45, 7) is 2.06. The van der Waals surface area contributed by atoms with Gasteiger partial charge in [0, 0.05) is 4.88 Å². The lowest BCUT2D eigenvalue weighted by Gasteiger charge is -1.87. The van der Waals surface area contributed by atoms with Crippen molar-refractivity contribution in [3.05, 3.63) is 61.0 Å². The third-order valence-electron chi connectivity index (χ3n) is 3.31. The van der Waals surface area contributed by atoms with Gasteiger partial charge in [0.05, 0.1) is 15.6 Å². The monoisotopic (exact) mass is 298 g/mol. The number of hydrogen-bond donors (Lipinski definition) is 0. The third-order valence-corrected chi connectivity index (χ3v) is 5.24. The number of hydrogen-bond acceptors (Lipinski definition) is 4. The number of fused-ring (bicyclic) bond motifs is 3. The summed E-state index contributed by atoms with van der Waals surface area (Å²) in [4.78, 5) is 19.0. The van der Waals surface area contributed by atoms with Crippen molar-refractivity contribution < 1.29 is 0 Å². The molecule has 98 valence electrons. The molecule has 4 aromatic rings. The van der Waals surface area contributed by atoms with E-state index < -0.39 is 0 Å². The fourth-order valence-corrected chi connectivity index (χ4v) is 4.17. The van der Waals surface area contributed by atoms with Crippen LogP contribution in [0.2, 0.25) is 0 Å². The van der Waals surface area contributed by atoms with Gasteiger partial charge < -0.3 is 0 Å².